The maximum absolute atomic E-state index is 3.39. The molecule has 3 rings (SSSR count). The summed E-state index contributed by atoms with van der Waals surface area (Å²) in [5, 5.41) is 3.39. The van der Waals surface area contributed by atoms with Crippen LogP contribution in [0, 0.1) is 6.92 Å². The minimum Gasteiger partial charge on any atom is -0.361 e. The Morgan fingerprint density at radius 3 is 2.08 bits per heavy atom. The van der Waals surface area contributed by atoms with Crippen LogP contribution >= 0.6 is 0 Å². The second kappa shape index (κ2) is 7.98. The summed E-state index contributed by atoms with van der Waals surface area (Å²) >= 11 is 0. The number of para-hydroxylation sites is 1. The lowest BCUT2D eigenvalue weighted by Gasteiger charge is -2.06. The van der Waals surface area contributed by atoms with E-state index in [0.29, 0.717) is 0 Å². The molecule has 0 bridgehead atoms. The molecule has 0 atom stereocenters. The van der Waals surface area contributed by atoms with Crippen LogP contribution < -0.4 is 5.32 Å². The van der Waals surface area contributed by atoms with Gasteiger partial charge in [-0.3, -0.25) is 0 Å². The van der Waals surface area contributed by atoms with Gasteiger partial charge in [-0.2, -0.15) is 0 Å². The van der Waals surface area contributed by atoms with Crippen molar-refractivity contribution in [3.05, 3.63) is 107 Å². The first-order valence-corrected chi connectivity index (χ1v) is 8.14. The van der Waals surface area contributed by atoms with Gasteiger partial charge in [0.2, 0.25) is 0 Å². The van der Waals surface area contributed by atoms with Crippen LogP contribution in [0.3, 0.4) is 0 Å². The normalized spacial score (nSPS) is 11.2. The molecule has 0 saturated carbocycles. The third-order valence-corrected chi connectivity index (χ3v) is 3.91. The Kier molecular flexibility index (Phi) is 5.26. The highest BCUT2D eigenvalue weighted by Crippen LogP contribution is 2.19. The number of rotatable bonds is 5. The summed E-state index contributed by atoms with van der Waals surface area (Å²) in [5.74, 6) is 0. The van der Waals surface area contributed by atoms with Crippen molar-refractivity contribution in [2.45, 2.75) is 6.92 Å². The van der Waals surface area contributed by atoms with Gasteiger partial charge in [-0.25, -0.2) is 0 Å². The van der Waals surface area contributed by atoms with E-state index in [1.807, 2.05) is 18.3 Å². The fourth-order valence-corrected chi connectivity index (χ4v) is 2.52. The first kappa shape index (κ1) is 15.8. The van der Waals surface area contributed by atoms with Crippen LogP contribution in [-0.2, 0) is 0 Å². The summed E-state index contributed by atoms with van der Waals surface area (Å²) in [6, 6.07) is 27.0. The van der Waals surface area contributed by atoms with E-state index in [1.165, 1.54) is 16.7 Å². The van der Waals surface area contributed by atoms with E-state index in [-0.39, 0.29) is 0 Å². The molecule has 0 aliphatic rings. The predicted molar refractivity (Wildman–Crippen MR) is 106 cm³/mol. The molecule has 0 unspecified atom stereocenters. The van der Waals surface area contributed by atoms with Crippen LogP contribution in [0.5, 0.6) is 0 Å². The van der Waals surface area contributed by atoms with Crippen molar-refractivity contribution in [3.63, 3.8) is 0 Å². The largest absolute Gasteiger partial charge is 0.361 e. The third kappa shape index (κ3) is 4.23. The predicted octanol–water partition coefficient (Wildman–Crippen LogP) is 6.25. The van der Waals surface area contributed by atoms with Crippen molar-refractivity contribution in [1.29, 1.82) is 0 Å². The molecule has 1 heteroatoms. The molecule has 0 aliphatic carbocycles. The van der Waals surface area contributed by atoms with Crippen LogP contribution in [0.15, 0.2) is 85.1 Å². The van der Waals surface area contributed by atoms with E-state index in [0.717, 1.165) is 11.3 Å². The van der Waals surface area contributed by atoms with Crippen molar-refractivity contribution in [2.24, 2.45) is 0 Å². The van der Waals surface area contributed by atoms with Gasteiger partial charge in [-0.05, 0) is 41.3 Å². The molecule has 0 heterocycles. The summed E-state index contributed by atoms with van der Waals surface area (Å²) < 4.78 is 0. The molecule has 0 saturated heterocycles. The van der Waals surface area contributed by atoms with Gasteiger partial charge < -0.3 is 5.32 Å². The van der Waals surface area contributed by atoms with Gasteiger partial charge in [-0.1, -0.05) is 84.9 Å². The van der Waals surface area contributed by atoms with Gasteiger partial charge in [0.05, 0.1) is 0 Å². The lowest BCUT2D eigenvalue weighted by atomic mass is 10.1. The standard InChI is InChI=1S/C23H21N/c1-19-9-5-6-12-21(19)17-18-24-23-14-8-7-13-22(23)16-15-20-10-3-2-4-11-20/h2-18,24H,1H3. The number of aryl methyl sites for hydroxylation is 1. The van der Waals surface area contributed by atoms with Crippen LogP contribution in [0.25, 0.3) is 18.2 Å². The van der Waals surface area contributed by atoms with Gasteiger partial charge in [0.25, 0.3) is 0 Å². The number of hydrogen-bond donors (Lipinski definition) is 1. The minimum atomic E-state index is 1.09. The maximum Gasteiger partial charge on any atom is 0.0453 e. The van der Waals surface area contributed by atoms with E-state index in [1.54, 1.807) is 0 Å². The Bertz CT molecular complexity index is 845. The fraction of sp³-hybridized carbons (Fsp3) is 0.0435. The molecule has 0 aliphatic heterocycles. The molecule has 3 aromatic rings. The van der Waals surface area contributed by atoms with Crippen molar-refractivity contribution >= 4 is 23.9 Å². The Hall–Kier alpha value is -3.06. The number of anilines is 1. The van der Waals surface area contributed by atoms with E-state index in [2.05, 4.69) is 97.2 Å². The zero-order valence-electron chi connectivity index (χ0n) is 13.8. The summed E-state index contributed by atoms with van der Waals surface area (Å²) in [4.78, 5) is 0. The minimum absolute atomic E-state index is 1.09. The molecule has 118 valence electrons. The monoisotopic (exact) mass is 311 g/mol. The van der Waals surface area contributed by atoms with E-state index >= 15 is 0 Å². The first-order chi connectivity index (χ1) is 11.8. The van der Waals surface area contributed by atoms with Crippen LogP contribution in [0.1, 0.15) is 22.3 Å². The summed E-state index contributed by atoms with van der Waals surface area (Å²) in [6.07, 6.45) is 8.37. The zero-order chi connectivity index (χ0) is 16.6. The number of benzene rings is 3. The zero-order valence-corrected chi connectivity index (χ0v) is 13.8. The molecule has 0 amide bonds. The van der Waals surface area contributed by atoms with Gasteiger partial charge in [0.1, 0.15) is 0 Å². The first-order valence-electron chi connectivity index (χ1n) is 8.14. The molecule has 0 aromatic heterocycles. The van der Waals surface area contributed by atoms with E-state index in [4.69, 9.17) is 0 Å². The average molecular weight is 311 g/mol. The molecule has 3 aromatic carbocycles. The van der Waals surface area contributed by atoms with Gasteiger partial charge in [-0.15, -0.1) is 0 Å². The van der Waals surface area contributed by atoms with Crippen molar-refractivity contribution in [1.82, 2.24) is 0 Å². The lowest BCUT2D eigenvalue weighted by molar-refractivity contribution is 1.44. The Balaban J connectivity index is 1.75. The smallest absolute Gasteiger partial charge is 0.0453 e. The van der Waals surface area contributed by atoms with Gasteiger partial charge in [0, 0.05) is 11.9 Å². The molecule has 1 nitrogen and oxygen atoms in total. The third-order valence-electron chi connectivity index (χ3n) is 3.91. The molecule has 1 N–H and O–H groups in total. The van der Waals surface area contributed by atoms with E-state index < -0.39 is 0 Å². The van der Waals surface area contributed by atoms with Gasteiger partial charge in [0.15, 0.2) is 0 Å². The highest BCUT2D eigenvalue weighted by Gasteiger charge is 1.96. The average Bonchev–Trinajstić information content (AvgIpc) is 2.63. The number of hydrogen-bond acceptors (Lipinski definition) is 1. The van der Waals surface area contributed by atoms with E-state index in [9.17, 15) is 0 Å². The summed E-state index contributed by atoms with van der Waals surface area (Å²) in [5.41, 5.74) is 5.95. The molecule has 0 spiro atoms. The second-order valence-electron chi connectivity index (χ2n) is 5.67. The van der Waals surface area contributed by atoms with Gasteiger partial charge >= 0.3 is 0 Å². The molecule has 24 heavy (non-hydrogen) atoms. The highest BCUT2D eigenvalue weighted by molar-refractivity contribution is 5.77. The lowest BCUT2D eigenvalue weighted by Crippen LogP contribution is -1.90. The van der Waals surface area contributed by atoms with Crippen molar-refractivity contribution in [2.75, 3.05) is 5.32 Å². The SMILES string of the molecule is Cc1ccccc1C=CNc1ccccc1C=Cc1ccccc1. The topological polar surface area (TPSA) is 12.0 Å². The molecular formula is C23H21N. The summed E-state index contributed by atoms with van der Waals surface area (Å²) in [6.45, 7) is 2.12. The second-order valence-corrected chi connectivity index (χ2v) is 5.67. The summed E-state index contributed by atoms with van der Waals surface area (Å²) in [7, 11) is 0. The maximum atomic E-state index is 3.39. The Morgan fingerprint density at radius 1 is 0.625 bits per heavy atom. The van der Waals surface area contributed by atoms with Crippen LogP contribution in [0.2, 0.25) is 0 Å². The highest BCUT2D eigenvalue weighted by atomic mass is 14.8. The molecule has 0 radical (unpaired) electrons. The number of nitrogens with one attached hydrogen (secondary N) is 1. The molecule has 0 fully saturated rings. The van der Waals surface area contributed by atoms with Crippen LogP contribution in [0.4, 0.5) is 5.69 Å². The quantitative estimate of drug-likeness (QED) is 0.549. The Labute approximate surface area is 144 Å². The Morgan fingerprint density at radius 2 is 1.29 bits per heavy atom. The van der Waals surface area contributed by atoms with Crippen molar-refractivity contribution in [3.8, 4) is 0 Å². The fourth-order valence-electron chi connectivity index (χ4n) is 2.52. The van der Waals surface area contributed by atoms with Crippen molar-refractivity contribution < 1.29 is 0 Å². The molecular weight excluding hydrogens is 290 g/mol. The van der Waals surface area contributed by atoms with Crippen LogP contribution in [-0.4, -0.2) is 0 Å².